The molecule has 0 fully saturated rings. The number of benzene rings is 1. The molecule has 0 spiro atoms. The van der Waals surface area contributed by atoms with Crippen LogP contribution >= 0.6 is 0 Å². The van der Waals surface area contributed by atoms with Crippen molar-refractivity contribution in [3.05, 3.63) is 30.3 Å². The SMILES string of the molecule is CC(F)(F)S(=O)(=O)Nc1ccccc1. The summed E-state index contributed by atoms with van der Waals surface area (Å²) < 4.78 is 48.8. The van der Waals surface area contributed by atoms with Crippen LogP contribution in [0.3, 0.4) is 0 Å². The zero-order valence-corrected chi connectivity index (χ0v) is 8.18. The molecule has 0 atom stereocenters. The molecule has 1 aromatic carbocycles. The Morgan fingerprint density at radius 1 is 1.21 bits per heavy atom. The highest BCUT2D eigenvalue weighted by molar-refractivity contribution is 7.93. The van der Waals surface area contributed by atoms with Crippen LogP contribution in [0, 0.1) is 0 Å². The van der Waals surface area contributed by atoms with Gasteiger partial charge in [-0.25, -0.2) is 8.42 Å². The van der Waals surface area contributed by atoms with Crippen molar-refractivity contribution in [2.45, 2.75) is 12.2 Å². The first-order chi connectivity index (χ1) is 6.33. The van der Waals surface area contributed by atoms with Crippen molar-refractivity contribution in [2.24, 2.45) is 0 Å². The summed E-state index contributed by atoms with van der Waals surface area (Å²) in [5.74, 6) is 0. The summed E-state index contributed by atoms with van der Waals surface area (Å²) in [6, 6.07) is 7.53. The molecule has 0 aliphatic rings. The molecular formula is C8H9F2NO2S. The van der Waals surface area contributed by atoms with Crippen molar-refractivity contribution >= 4 is 15.7 Å². The molecule has 78 valence electrons. The van der Waals surface area contributed by atoms with Gasteiger partial charge in [0.15, 0.2) is 0 Å². The molecule has 1 rings (SSSR count). The van der Waals surface area contributed by atoms with E-state index in [1.54, 1.807) is 22.9 Å². The first-order valence-electron chi connectivity index (χ1n) is 3.78. The molecule has 14 heavy (non-hydrogen) atoms. The molecule has 0 bridgehead atoms. The average molecular weight is 221 g/mol. The topological polar surface area (TPSA) is 46.2 Å². The van der Waals surface area contributed by atoms with Gasteiger partial charge in [0.25, 0.3) is 10.0 Å². The first kappa shape index (κ1) is 10.9. The molecule has 0 saturated carbocycles. The zero-order valence-electron chi connectivity index (χ0n) is 7.37. The lowest BCUT2D eigenvalue weighted by molar-refractivity contribution is 0.115. The Morgan fingerprint density at radius 2 is 1.71 bits per heavy atom. The quantitative estimate of drug-likeness (QED) is 0.849. The first-order valence-corrected chi connectivity index (χ1v) is 5.26. The Balaban J connectivity index is 2.91. The Labute approximate surface area is 80.8 Å². The van der Waals surface area contributed by atoms with Gasteiger partial charge in [0, 0.05) is 12.6 Å². The van der Waals surface area contributed by atoms with Crippen LogP contribution in [0.4, 0.5) is 14.5 Å². The fraction of sp³-hybridized carbons (Fsp3) is 0.250. The summed E-state index contributed by atoms with van der Waals surface area (Å²) in [5.41, 5.74) is 0.119. The van der Waals surface area contributed by atoms with Gasteiger partial charge in [0.2, 0.25) is 0 Å². The van der Waals surface area contributed by atoms with E-state index < -0.39 is 15.3 Å². The maximum Gasteiger partial charge on any atom is 0.361 e. The highest BCUT2D eigenvalue weighted by atomic mass is 32.2. The third kappa shape index (κ3) is 2.41. The number of para-hydroxylation sites is 1. The Morgan fingerprint density at radius 3 is 2.14 bits per heavy atom. The minimum absolute atomic E-state index is 0.119. The van der Waals surface area contributed by atoms with E-state index in [0.29, 0.717) is 6.92 Å². The molecule has 1 N–H and O–H groups in total. The summed E-state index contributed by atoms with van der Waals surface area (Å²) in [5, 5.41) is -3.79. The van der Waals surface area contributed by atoms with Gasteiger partial charge in [0.1, 0.15) is 0 Å². The fourth-order valence-electron chi connectivity index (χ4n) is 0.751. The highest BCUT2D eigenvalue weighted by Gasteiger charge is 2.39. The third-order valence-corrected chi connectivity index (χ3v) is 2.95. The van der Waals surface area contributed by atoms with E-state index in [1.165, 1.54) is 12.1 Å². The maximum absolute atomic E-state index is 12.5. The number of anilines is 1. The van der Waals surface area contributed by atoms with E-state index in [0.717, 1.165) is 0 Å². The summed E-state index contributed by atoms with van der Waals surface area (Å²) in [7, 11) is -4.63. The van der Waals surface area contributed by atoms with E-state index in [2.05, 4.69) is 0 Å². The lowest BCUT2D eigenvalue weighted by atomic mass is 10.3. The van der Waals surface area contributed by atoms with E-state index in [9.17, 15) is 17.2 Å². The monoisotopic (exact) mass is 221 g/mol. The van der Waals surface area contributed by atoms with Crippen molar-refractivity contribution in [3.63, 3.8) is 0 Å². The average Bonchev–Trinajstić information content (AvgIpc) is 2.03. The lowest BCUT2D eigenvalue weighted by Gasteiger charge is -2.13. The van der Waals surface area contributed by atoms with Crippen LogP contribution in [0.25, 0.3) is 0 Å². The predicted molar refractivity (Wildman–Crippen MR) is 49.6 cm³/mol. The second-order valence-electron chi connectivity index (χ2n) is 2.78. The molecule has 0 radical (unpaired) electrons. The summed E-state index contributed by atoms with van der Waals surface area (Å²) in [6.45, 7) is 0.332. The van der Waals surface area contributed by atoms with Crippen LogP contribution in [-0.4, -0.2) is 13.7 Å². The van der Waals surface area contributed by atoms with Gasteiger partial charge >= 0.3 is 5.25 Å². The fourth-order valence-corrected chi connectivity index (χ4v) is 1.38. The predicted octanol–water partition coefficient (Wildman–Crippen LogP) is 2.04. The largest absolute Gasteiger partial charge is 0.361 e. The van der Waals surface area contributed by atoms with Crippen LogP contribution in [-0.2, 0) is 10.0 Å². The van der Waals surface area contributed by atoms with Gasteiger partial charge < -0.3 is 0 Å². The number of rotatable bonds is 3. The molecule has 0 aliphatic carbocycles. The standard InChI is InChI=1S/C8H9F2NO2S/c1-8(9,10)14(12,13)11-7-5-3-2-4-6-7/h2-6,11H,1H3. The zero-order chi connectivity index (χ0) is 10.8. The second kappa shape index (κ2) is 3.53. The molecule has 0 heterocycles. The smallest absolute Gasteiger partial charge is 0.279 e. The molecule has 0 aliphatic heterocycles. The molecule has 0 unspecified atom stereocenters. The van der Waals surface area contributed by atoms with Crippen LogP contribution in [0.15, 0.2) is 30.3 Å². The maximum atomic E-state index is 12.5. The molecule has 0 amide bonds. The molecule has 3 nitrogen and oxygen atoms in total. The number of hydrogen-bond donors (Lipinski definition) is 1. The summed E-state index contributed by atoms with van der Waals surface area (Å²) >= 11 is 0. The minimum atomic E-state index is -4.63. The van der Waals surface area contributed by atoms with E-state index in [1.807, 2.05) is 0 Å². The van der Waals surface area contributed by atoms with E-state index in [-0.39, 0.29) is 5.69 Å². The Bertz CT molecular complexity index is 397. The van der Waals surface area contributed by atoms with Gasteiger partial charge in [-0.3, -0.25) is 4.72 Å². The second-order valence-corrected chi connectivity index (χ2v) is 4.71. The van der Waals surface area contributed by atoms with Crippen LogP contribution in [0.2, 0.25) is 0 Å². The van der Waals surface area contributed by atoms with Crippen LogP contribution in [0.1, 0.15) is 6.92 Å². The molecule has 6 heteroatoms. The lowest BCUT2D eigenvalue weighted by Crippen LogP contribution is -2.31. The van der Waals surface area contributed by atoms with Crippen molar-refractivity contribution in [1.29, 1.82) is 0 Å². The van der Waals surface area contributed by atoms with Crippen molar-refractivity contribution in [2.75, 3.05) is 4.72 Å². The van der Waals surface area contributed by atoms with Crippen molar-refractivity contribution in [3.8, 4) is 0 Å². The van der Waals surface area contributed by atoms with Gasteiger partial charge in [-0.2, -0.15) is 8.78 Å². The Hall–Kier alpha value is -1.17. The normalized spacial score (nSPS) is 12.5. The highest BCUT2D eigenvalue weighted by Crippen LogP contribution is 2.22. The van der Waals surface area contributed by atoms with Crippen LogP contribution in [0.5, 0.6) is 0 Å². The minimum Gasteiger partial charge on any atom is -0.279 e. The van der Waals surface area contributed by atoms with Crippen LogP contribution < -0.4 is 4.72 Å². The number of nitrogens with one attached hydrogen (secondary N) is 1. The Kier molecular flexibility index (Phi) is 2.75. The molecule has 0 saturated heterocycles. The van der Waals surface area contributed by atoms with Gasteiger partial charge in [-0.05, 0) is 12.1 Å². The third-order valence-electron chi connectivity index (χ3n) is 1.50. The van der Waals surface area contributed by atoms with Gasteiger partial charge in [-0.1, -0.05) is 18.2 Å². The van der Waals surface area contributed by atoms with Gasteiger partial charge in [-0.15, -0.1) is 0 Å². The molecular weight excluding hydrogens is 212 g/mol. The summed E-state index contributed by atoms with van der Waals surface area (Å²) in [4.78, 5) is 0. The van der Waals surface area contributed by atoms with E-state index >= 15 is 0 Å². The van der Waals surface area contributed by atoms with Crippen molar-refractivity contribution < 1.29 is 17.2 Å². The van der Waals surface area contributed by atoms with Crippen molar-refractivity contribution in [1.82, 2.24) is 0 Å². The molecule has 1 aromatic rings. The molecule has 0 aromatic heterocycles. The number of sulfonamides is 1. The number of alkyl halides is 2. The number of halogens is 2. The van der Waals surface area contributed by atoms with Gasteiger partial charge in [0.05, 0.1) is 0 Å². The van der Waals surface area contributed by atoms with E-state index in [4.69, 9.17) is 0 Å². The summed E-state index contributed by atoms with van der Waals surface area (Å²) in [6.07, 6.45) is 0. The number of hydrogen-bond acceptors (Lipinski definition) is 2.